The van der Waals surface area contributed by atoms with Gasteiger partial charge in [-0.25, -0.2) is 19.2 Å². The van der Waals surface area contributed by atoms with Gasteiger partial charge in [0.25, 0.3) is 0 Å². The second-order valence-corrected chi connectivity index (χ2v) is 8.99. The molecule has 0 aliphatic carbocycles. The molecule has 2 aromatic carbocycles. The second kappa shape index (κ2) is 12.4. The molecular formula is C29H35FN2O2. The first-order valence-electron chi connectivity index (χ1n) is 12.4. The summed E-state index contributed by atoms with van der Waals surface area (Å²) in [6, 6.07) is 15.1. The fourth-order valence-corrected chi connectivity index (χ4v) is 3.86. The number of nitrogens with zero attached hydrogens (tertiary/aromatic N) is 2. The summed E-state index contributed by atoms with van der Waals surface area (Å²) in [5, 5.41) is 0. The second-order valence-electron chi connectivity index (χ2n) is 8.99. The number of alkyl halides is 1. The number of hydrogen-bond acceptors (Lipinski definition) is 4. The van der Waals surface area contributed by atoms with Crippen LogP contribution in [0.25, 0.3) is 22.5 Å². The van der Waals surface area contributed by atoms with Crippen molar-refractivity contribution in [2.45, 2.75) is 77.8 Å². The predicted octanol–water partition coefficient (Wildman–Crippen LogP) is 7.76. The van der Waals surface area contributed by atoms with Crippen molar-refractivity contribution in [1.82, 2.24) is 9.97 Å². The van der Waals surface area contributed by atoms with Gasteiger partial charge in [-0.2, -0.15) is 0 Å². The number of hydrogen-bond donors (Lipinski definition) is 0. The number of aromatic nitrogens is 2. The molecule has 0 bridgehead atoms. The van der Waals surface area contributed by atoms with Gasteiger partial charge in [-0.1, -0.05) is 75.9 Å². The summed E-state index contributed by atoms with van der Waals surface area (Å²) in [7, 11) is 0. The molecule has 5 heteroatoms. The standard InChI is InChI=1S/C29H35FN2O2/c1-4-6-8-12-22-20-31-27(32-21-22)26-14-10-9-13-25(26)23-15-17-24(18-16-23)34-28(33)29(3,30)19-11-7-5-2/h9-10,13-18,20-21H,4-8,11-12,19H2,1-3H3. The van der Waals surface area contributed by atoms with Gasteiger partial charge in [-0.05, 0) is 61.4 Å². The summed E-state index contributed by atoms with van der Waals surface area (Å²) in [6.07, 6.45) is 11.1. The van der Waals surface area contributed by atoms with Crippen LogP contribution in [0.2, 0.25) is 0 Å². The monoisotopic (exact) mass is 462 g/mol. The molecule has 1 atom stereocenters. The highest BCUT2D eigenvalue weighted by Crippen LogP contribution is 2.31. The van der Waals surface area contributed by atoms with Crippen LogP contribution in [-0.4, -0.2) is 21.6 Å². The Morgan fingerprint density at radius 2 is 1.50 bits per heavy atom. The van der Waals surface area contributed by atoms with E-state index in [2.05, 4.69) is 16.9 Å². The normalized spacial score (nSPS) is 12.8. The zero-order chi connectivity index (χ0) is 24.4. The summed E-state index contributed by atoms with van der Waals surface area (Å²) < 4.78 is 20.0. The first-order valence-corrected chi connectivity index (χ1v) is 12.4. The summed E-state index contributed by atoms with van der Waals surface area (Å²) >= 11 is 0. The third kappa shape index (κ3) is 6.96. The third-order valence-corrected chi connectivity index (χ3v) is 5.99. The first kappa shape index (κ1) is 25.5. The van der Waals surface area contributed by atoms with Crippen LogP contribution in [0.4, 0.5) is 4.39 Å². The zero-order valence-corrected chi connectivity index (χ0v) is 20.5. The number of ether oxygens (including phenoxy) is 1. The van der Waals surface area contributed by atoms with E-state index in [0.29, 0.717) is 18.0 Å². The highest BCUT2D eigenvalue weighted by Gasteiger charge is 2.34. The number of unbranched alkanes of at least 4 members (excludes halogenated alkanes) is 4. The quantitative estimate of drug-likeness (QED) is 0.157. The maximum Gasteiger partial charge on any atom is 0.348 e. The fraction of sp³-hybridized carbons (Fsp3) is 0.414. The van der Waals surface area contributed by atoms with Crippen LogP contribution in [-0.2, 0) is 11.2 Å². The van der Waals surface area contributed by atoms with E-state index >= 15 is 0 Å². The molecule has 0 fully saturated rings. The van der Waals surface area contributed by atoms with Gasteiger partial charge in [0.05, 0.1) is 0 Å². The van der Waals surface area contributed by atoms with Crippen molar-refractivity contribution in [3.05, 3.63) is 66.5 Å². The molecule has 180 valence electrons. The molecule has 4 nitrogen and oxygen atoms in total. The molecular weight excluding hydrogens is 427 g/mol. The van der Waals surface area contributed by atoms with Crippen LogP contribution in [0.1, 0.15) is 71.3 Å². The minimum atomic E-state index is -1.99. The van der Waals surface area contributed by atoms with Crippen molar-refractivity contribution in [3.8, 4) is 28.3 Å². The van der Waals surface area contributed by atoms with Crippen molar-refractivity contribution < 1.29 is 13.9 Å². The van der Waals surface area contributed by atoms with Crippen LogP contribution < -0.4 is 4.74 Å². The molecule has 0 spiro atoms. The molecule has 0 amide bonds. The Bertz CT molecular complexity index is 1050. The van der Waals surface area contributed by atoms with E-state index < -0.39 is 11.6 Å². The number of aryl methyl sites for hydroxylation is 1. The molecule has 0 aliphatic heterocycles. The smallest absolute Gasteiger partial charge is 0.348 e. The SMILES string of the molecule is CCCCCc1cnc(-c2ccccc2-c2ccc(OC(=O)C(C)(F)CCCCC)cc2)nc1. The van der Waals surface area contributed by atoms with Gasteiger partial charge >= 0.3 is 5.97 Å². The molecule has 1 heterocycles. The number of carbonyl (C=O) groups is 1. The Balaban J connectivity index is 1.72. The largest absolute Gasteiger partial charge is 0.424 e. The van der Waals surface area contributed by atoms with E-state index in [0.717, 1.165) is 47.9 Å². The third-order valence-electron chi connectivity index (χ3n) is 5.99. The minimum absolute atomic E-state index is 0.169. The first-order chi connectivity index (χ1) is 16.4. The fourth-order valence-electron chi connectivity index (χ4n) is 3.86. The molecule has 0 aliphatic rings. The Hall–Kier alpha value is -3.08. The molecule has 3 aromatic rings. The molecule has 3 rings (SSSR count). The minimum Gasteiger partial charge on any atom is -0.424 e. The van der Waals surface area contributed by atoms with Crippen molar-refractivity contribution in [1.29, 1.82) is 0 Å². The van der Waals surface area contributed by atoms with Crippen LogP contribution in [0.5, 0.6) is 5.75 Å². The molecule has 34 heavy (non-hydrogen) atoms. The Morgan fingerprint density at radius 1 is 0.882 bits per heavy atom. The van der Waals surface area contributed by atoms with Crippen LogP contribution >= 0.6 is 0 Å². The number of carbonyl (C=O) groups excluding carboxylic acids is 1. The molecule has 0 saturated carbocycles. The van der Waals surface area contributed by atoms with Crippen molar-refractivity contribution in [2.75, 3.05) is 0 Å². The van der Waals surface area contributed by atoms with Crippen LogP contribution in [0.3, 0.4) is 0 Å². The molecule has 1 unspecified atom stereocenters. The van der Waals surface area contributed by atoms with Gasteiger partial charge in [-0.3, -0.25) is 0 Å². The lowest BCUT2D eigenvalue weighted by Crippen LogP contribution is -2.34. The zero-order valence-electron chi connectivity index (χ0n) is 20.5. The van der Waals surface area contributed by atoms with Gasteiger partial charge in [0.15, 0.2) is 5.82 Å². The van der Waals surface area contributed by atoms with Crippen LogP contribution in [0.15, 0.2) is 60.9 Å². The van der Waals surface area contributed by atoms with E-state index in [4.69, 9.17) is 4.74 Å². The Morgan fingerprint density at radius 3 is 2.15 bits per heavy atom. The highest BCUT2D eigenvalue weighted by atomic mass is 19.1. The Labute approximate surface area is 202 Å². The lowest BCUT2D eigenvalue weighted by atomic mass is 9.99. The Kier molecular flexibility index (Phi) is 9.32. The van der Waals surface area contributed by atoms with Crippen molar-refractivity contribution in [2.24, 2.45) is 0 Å². The van der Waals surface area contributed by atoms with Gasteiger partial charge in [0, 0.05) is 18.0 Å². The summed E-state index contributed by atoms with van der Waals surface area (Å²) in [5.74, 6) is 0.160. The number of halogens is 1. The van der Waals surface area contributed by atoms with E-state index in [-0.39, 0.29) is 6.42 Å². The van der Waals surface area contributed by atoms with Gasteiger partial charge in [0.2, 0.25) is 5.67 Å². The van der Waals surface area contributed by atoms with E-state index in [1.54, 1.807) is 12.1 Å². The molecule has 0 saturated heterocycles. The lowest BCUT2D eigenvalue weighted by molar-refractivity contribution is -0.147. The maximum atomic E-state index is 14.7. The number of benzene rings is 2. The predicted molar refractivity (Wildman–Crippen MR) is 135 cm³/mol. The van der Waals surface area contributed by atoms with Crippen LogP contribution in [0, 0.1) is 0 Å². The molecule has 0 N–H and O–H groups in total. The molecule has 0 radical (unpaired) electrons. The maximum absolute atomic E-state index is 14.7. The van der Waals surface area contributed by atoms with Gasteiger partial charge in [-0.15, -0.1) is 0 Å². The van der Waals surface area contributed by atoms with E-state index in [1.165, 1.54) is 19.8 Å². The summed E-state index contributed by atoms with van der Waals surface area (Å²) in [5.41, 5.74) is 2.02. The average molecular weight is 463 g/mol. The topological polar surface area (TPSA) is 52.1 Å². The molecule has 1 aromatic heterocycles. The van der Waals surface area contributed by atoms with E-state index in [1.807, 2.05) is 55.7 Å². The summed E-state index contributed by atoms with van der Waals surface area (Å²) in [6.45, 7) is 5.54. The van der Waals surface area contributed by atoms with E-state index in [9.17, 15) is 9.18 Å². The van der Waals surface area contributed by atoms with Gasteiger partial charge < -0.3 is 4.74 Å². The lowest BCUT2D eigenvalue weighted by Gasteiger charge is -2.18. The summed E-state index contributed by atoms with van der Waals surface area (Å²) in [4.78, 5) is 21.5. The highest BCUT2D eigenvalue weighted by molar-refractivity contribution is 5.82. The van der Waals surface area contributed by atoms with Crippen molar-refractivity contribution in [3.63, 3.8) is 0 Å². The number of esters is 1. The average Bonchev–Trinajstić information content (AvgIpc) is 2.85. The number of rotatable bonds is 12. The van der Waals surface area contributed by atoms with Gasteiger partial charge in [0.1, 0.15) is 5.75 Å². The van der Waals surface area contributed by atoms with Crippen molar-refractivity contribution >= 4 is 5.97 Å².